The molecule has 0 saturated carbocycles. The van der Waals surface area contributed by atoms with Crippen LogP contribution < -0.4 is 5.32 Å². The number of aromatic nitrogens is 1. The quantitative estimate of drug-likeness (QED) is 0.848. The molecule has 2 heterocycles. The maximum atomic E-state index is 4.33. The third-order valence-corrected chi connectivity index (χ3v) is 3.94. The number of nitrogens with zero attached hydrogens (tertiary/aromatic N) is 2. The number of thiazole rings is 1. The van der Waals surface area contributed by atoms with Crippen molar-refractivity contribution in [2.24, 2.45) is 0 Å². The summed E-state index contributed by atoms with van der Waals surface area (Å²) in [7, 11) is 0. The summed E-state index contributed by atoms with van der Waals surface area (Å²) in [6.45, 7) is 6.96. The first-order chi connectivity index (χ1) is 7.88. The SMILES string of the molecule is CCCC1CN(CCc2nccs2)CCN1. The zero-order chi connectivity index (χ0) is 11.2. The molecule has 0 aliphatic carbocycles. The molecule has 1 unspecified atom stereocenters. The van der Waals surface area contributed by atoms with Crippen molar-refractivity contribution < 1.29 is 0 Å². The van der Waals surface area contributed by atoms with Crippen LogP contribution in [0, 0.1) is 0 Å². The monoisotopic (exact) mass is 239 g/mol. The second kappa shape index (κ2) is 6.33. The largest absolute Gasteiger partial charge is 0.311 e. The Labute approximate surface area is 102 Å². The Bertz CT molecular complexity index is 284. The van der Waals surface area contributed by atoms with E-state index in [9.17, 15) is 0 Å². The van der Waals surface area contributed by atoms with E-state index in [0.717, 1.165) is 19.5 Å². The van der Waals surface area contributed by atoms with Crippen LogP contribution in [-0.4, -0.2) is 42.1 Å². The van der Waals surface area contributed by atoms with Gasteiger partial charge in [-0.05, 0) is 6.42 Å². The summed E-state index contributed by atoms with van der Waals surface area (Å²) in [4.78, 5) is 6.90. The minimum Gasteiger partial charge on any atom is -0.311 e. The highest BCUT2D eigenvalue weighted by atomic mass is 32.1. The molecule has 1 aromatic heterocycles. The number of rotatable bonds is 5. The molecule has 90 valence electrons. The molecule has 0 bridgehead atoms. The zero-order valence-electron chi connectivity index (χ0n) is 9.98. The first-order valence-electron chi connectivity index (χ1n) is 6.22. The van der Waals surface area contributed by atoms with Crippen molar-refractivity contribution in [2.75, 3.05) is 26.2 Å². The van der Waals surface area contributed by atoms with E-state index in [1.165, 1.54) is 30.9 Å². The van der Waals surface area contributed by atoms with E-state index < -0.39 is 0 Å². The smallest absolute Gasteiger partial charge is 0.0937 e. The molecule has 16 heavy (non-hydrogen) atoms. The minimum atomic E-state index is 0.704. The molecule has 2 rings (SSSR count). The highest BCUT2D eigenvalue weighted by Gasteiger charge is 2.17. The molecule has 1 aliphatic heterocycles. The summed E-state index contributed by atoms with van der Waals surface area (Å²) in [6.07, 6.45) is 5.58. The predicted octanol–water partition coefficient (Wildman–Crippen LogP) is 1.76. The van der Waals surface area contributed by atoms with Crippen LogP contribution in [0.15, 0.2) is 11.6 Å². The predicted molar refractivity (Wildman–Crippen MR) is 69.0 cm³/mol. The van der Waals surface area contributed by atoms with E-state index in [4.69, 9.17) is 0 Å². The Morgan fingerprint density at radius 3 is 3.31 bits per heavy atom. The summed E-state index contributed by atoms with van der Waals surface area (Å²) >= 11 is 1.77. The van der Waals surface area contributed by atoms with Gasteiger partial charge < -0.3 is 10.2 Å². The fourth-order valence-electron chi connectivity index (χ4n) is 2.27. The van der Waals surface area contributed by atoms with Crippen LogP contribution in [0.3, 0.4) is 0 Å². The molecule has 1 N–H and O–H groups in total. The Balaban J connectivity index is 1.72. The summed E-state index contributed by atoms with van der Waals surface area (Å²) in [5.74, 6) is 0. The molecule has 0 radical (unpaired) electrons. The van der Waals surface area contributed by atoms with Crippen molar-refractivity contribution in [1.29, 1.82) is 0 Å². The van der Waals surface area contributed by atoms with Crippen LogP contribution in [0.5, 0.6) is 0 Å². The van der Waals surface area contributed by atoms with Crippen LogP contribution in [0.4, 0.5) is 0 Å². The minimum absolute atomic E-state index is 0.704. The van der Waals surface area contributed by atoms with Crippen LogP contribution in [0.25, 0.3) is 0 Å². The Morgan fingerprint density at radius 2 is 2.56 bits per heavy atom. The van der Waals surface area contributed by atoms with Crippen molar-refractivity contribution in [3.63, 3.8) is 0 Å². The summed E-state index contributed by atoms with van der Waals surface area (Å²) in [5.41, 5.74) is 0. The topological polar surface area (TPSA) is 28.2 Å². The summed E-state index contributed by atoms with van der Waals surface area (Å²) < 4.78 is 0. The Morgan fingerprint density at radius 1 is 1.62 bits per heavy atom. The van der Waals surface area contributed by atoms with E-state index in [-0.39, 0.29) is 0 Å². The van der Waals surface area contributed by atoms with Gasteiger partial charge in [0.25, 0.3) is 0 Å². The molecule has 1 aromatic rings. The average Bonchev–Trinajstić information content (AvgIpc) is 2.80. The van der Waals surface area contributed by atoms with Crippen LogP contribution >= 0.6 is 11.3 Å². The maximum Gasteiger partial charge on any atom is 0.0937 e. The van der Waals surface area contributed by atoms with Gasteiger partial charge in [0.1, 0.15) is 0 Å². The summed E-state index contributed by atoms with van der Waals surface area (Å²) in [6, 6.07) is 0.704. The number of hydrogen-bond acceptors (Lipinski definition) is 4. The molecule has 1 fully saturated rings. The van der Waals surface area contributed by atoms with Crippen LogP contribution in [0.1, 0.15) is 24.8 Å². The maximum absolute atomic E-state index is 4.33. The Hall–Kier alpha value is -0.450. The number of nitrogens with one attached hydrogen (secondary N) is 1. The van der Waals surface area contributed by atoms with Crippen molar-refractivity contribution in [2.45, 2.75) is 32.2 Å². The molecule has 3 nitrogen and oxygen atoms in total. The second-order valence-corrected chi connectivity index (χ2v) is 5.40. The average molecular weight is 239 g/mol. The van der Waals surface area contributed by atoms with Gasteiger partial charge in [-0.2, -0.15) is 0 Å². The highest BCUT2D eigenvalue weighted by molar-refractivity contribution is 7.09. The molecular formula is C12H21N3S. The van der Waals surface area contributed by atoms with E-state index in [0.29, 0.717) is 6.04 Å². The lowest BCUT2D eigenvalue weighted by atomic mass is 10.1. The molecular weight excluding hydrogens is 218 g/mol. The highest BCUT2D eigenvalue weighted by Crippen LogP contribution is 2.09. The van der Waals surface area contributed by atoms with Crippen LogP contribution in [0.2, 0.25) is 0 Å². The van der Waals surface area contributed by atoms with Gasteiger partial charge in [-0.1, -0.05) is 13.3 Å². The standard InChI is InChI=1S/C12H21N3S/c1-2-3-11-10-15(8-5-13-11)7-4-12-14-6-9-16-12/h6,9,11,13H,2-5,7-8,10H2,1H3. The van der Waals surface area contributed by atoms with Gasteiger partial charge in [-0.25, -0.2) is 4.98 Å². The van der Waals surface area contributed by atoms with Gasteiger partial charge in [0, 0.05) is 50.2 Å². The zero-order valence-corrected chi connectivity index (χ0v) is 10.8. The molecule has 4 heteroatoms. The van der Waals surface area contributed by atoms with Crippen molar-refractivity contribution >= 4 is 11.3 Å². The van der Waals surface area contributed by atoms with Gasteiger partial charge >= 0.3 is 0 Å². The third kappa shape index (κ3) is 3.54. The fourth-order valence-corrected chi connectivity index (χ4v) is 2.88. The number of piperazine rings is 1. The first kappa shape index (κ1) is 12.0. The molecule has 0 aromatic carbocycles. The molecule has 1 saturated heterocycles. The lowest BCUT2D eigenvalue weighted by Crippen LogP contribution is -2.50. The van der Waals surface area contributed by atoms with Crippen molar-refractivity contribution in [1.82, 2.24) is 15.2 Å². The molecule has 0 amide bonds. The van der Waals surface area contributed by atoms with Gasteiger partial charge in [0.15, 0.2) is 0 Å². The second-order valence-electron chi connectivity index (χ2n) is 4.42. The van der Waals surface area contributed by atoms with Gasteiger partial charge in [-0.3, -0.25) is 0 Å². The number of hydrogen-bond donors (Lipinski definition) is 1. The van der Waals surface area contributed by atoms with Crippen molar-refractivity contribution in [3.05, 3.63) is 16.6 Å². The van der Waals surface area contributed by atoms with E-state index in [2.05, 4.69) is 27.5 Å². The molecule has 1 aliphatic rings. The third-order valence-electron chi connectivity index (χ3n) is 3.10. The van der Waals surface area contributed by atoms with E-state index >= 15 is 0 Å². The van der Waals surface area contributed by atoms with Gasteiger partial charge in [0.2, 0.25) is 0 Å². The lowest BCUT2D eigenvalue weighted by molar-refractivity contribution is 0.196. The Kier molecular flexibility index (Phi) is 4.75. The normalized spacial score (nSPS) is 22.4. The van der Waals surface area contributed by atoms with Crippen molar-refractivity contribution in [3.8, 4) is 0 Å². The molecule has 0 spiro atoms. The molecule has 1 atom stereocenters. The van der Waals surface area contributed by atoms with Gasteiger partial charge in [0.05, 0.1) is 5.01 Å². The summed E-state index contributed by atoms with van der Waals surface area (Å²) in [5, 5.41) is 6.92. The lowest BCUT2D eigenvalue weighted by Gasteiger charge is -2.33. The van der Waals surface area contributed by atoms with E-state index in [1.807, 2.05) is 6.20 Å². The van der Waals surface area contributed by atoms with Crippen LogP contribution in [-0.2, 0) is 6.42 Å². The van der Waals surface area contributed by atoms with Gasteiger partial charge in [-0.15, -0.1) is 11.3 Å². The fraction of sp³-hybridized carbons (Fsp3) is 0.750. The first-order valence-corrected chi connectivity index (χ1v) is 7.10. The van der Waals surface area contributed by atoms with E-state index in [1.54, 1.807) is 11.3 Å².